The molecular formula is C19H26N4O2. The number of likely N-dealkylation sites (N-methyl/N-ethyl adjacent to an activating group) is 1. The van der Waals surface area contributed by atoms with Crippen LogP contribution in [0.4, 0.5) is 0 Å². The Morgan fingerprint density at radius 1 is 1.28 bits per heavy atom. The zero-order chi connectivity index (χ0) is 17.8. The molecule has 0 spiro atoms. The van der Waals surface area contributed by atoms with Crippen molar-refractivity contribution in [2.24, 2.45) is 0 Å². The van der Waals surface area contributed by atoms with Gasteiger partial charge < -0.3 is 10.6 Å². The van der Waals surface area contributed by atoms with Crippen molar-refractivity contribution in [2.75, 3.05) is 18.9 Å². The molecule has 0 saturated heterocycles. The standard InChI is InChI=1S/C19H26N4O2/c1-3-22(16-5-4-6-16)13-14(2)25-17-9-7-15(8-10-17)18-11-12-19(24)23(20)21-18/h7-12,14,16H,3-6,13,20H2,1-2H3/t14-/m1/s1. The fraction of sp³-hybridized carbons (Fsp3) is 0.474. The minimum absolute atomic E-state index is 0.135. The summed E-state index contributed by atoms with van der Waals surface area (Å²) in [4.78, 5) is 14.7. The van der Waals surface area contributed by atoms with E-state index >= 15 is 0 Å². The highest BCUT2D eigenvalue weighted by molar-refractivity contribution is 5.59. The van der Waals surface area contributed by atoms with Gasteiger partial charge in [-0.2, -0.15) is 0 Å². The molecule has 25 heavy (non-hydrogen) atoms. The minimum atomic E-state index is -0.329. The molecule has 2 aromatic rings. The maximum atomic E-state index is 11.3. The third-order valence-corrected chi connectivity index (χ3v) is 4.80. The van der Waals surface area contributed by atoms with E-state index in [1.807, 2.05) is 24.3 Å². The molecule has 0 unspecified atom stereocenters. The molecule has 0 bridgehead atoms. The van der Waals surface area contributed by atoms with Crippen LogP contribution in [0, 0.1) is 0 Å². The Bertz CT molecular complexity index is 753. The van der Waals surface area contributed by atoms with E-state index in [0.29, 0.717) is 5.69 Å². The highest BCUT2D eigenvalue weighted by atomic mass is 16.5. The molecule has 1 aromatic heterocycles. The van der Waals surface area contributed by atoms with Gasteiger partial charge in [0.05, 0.1) is 5.69 Å². The average molecular weight is 342 g/mol. The largest absolute Gasteiger partial charge is 0.489 e. The summed E-state index contributed by atoms with van der Waals surface area (Å²) in [5, 5.41) is 4.05. The molecule has 1 aromatic carbocycles. The van der Waals surface area contributed by atoms with Gasteiger partial charge in [-0.1, -0.05) is 13.3 Å². The molecule has 1 aliphatic carbocycles. The van der Waals surface area contributed by atoms with E-state index in [2.05, 4.69) is 23.8 Å². The lowest BCUT2D eigenvalue weighted by atomic mass is 9.91. The van der Waals surface area contributed by atoms with Crippen molar-refractivity contribution in [1.29, 1.82) is 0 Å². The first-order chi connectivity index (χ1) is 12.1. The number of hydrogen-bond donors (Lipinski definition) is 1. The topological polar surface area (TPSA) is 73.4 Å². The number of nitrogen functional groups attached to an aromatic ring is 1. The van der Waals surface area contributed by atoms with Crippen LogP contribution in [-0.2, 0) is 0 Å². The molecule has 1 aliphatic rings. The second-order valence-electron chi connectivity index (χ2n) is 6.63. The number of benzene rings is 1. The average Bonchev–Trinajstić information content (AvgIpc) is 2.56. The summed E-state index contributed by atoms with van der Waals surface area (Å²) in [6.07, 6.45) is 4.11. The fourth-order valence-corrected chi connectivity index (χ4v) is 3.17. The monoisotopic (exact) mass is 342 g/mol. The van der Waals surface area contributed by atoms with Crippen LogP contribution in [-0.4, -0.2) is 40.0 Å². The summed E-state index contributed by atoms with van der Waals surface area (Å²) >= 11 is 0. The zero-order valence-corrected chi connectivity index (χ0v) is 14.9. The smallest absolute Gasteiger partial charge is 0.285 e. The molecule has 0 aliphatic heterocycles. The second kappa shape index (κ2) is 7.70. The van der Waals surface area contributed by atoms with E-state index in [1.165, 1.54) is 25.3 Å². The van der Waals surface area contributed by atoms with Gasteiger partial charge in [-0.3, -0.25) is 9.69 Å². The molecule has 6 nitrogen and oxygen atoms in total. The van der Waals surface area contributed by atoms with E-state index in [0.717, 1.165) is 35.2 Å². The molecule has 134 valence electrons. The first-order valence-corrected chi connectivity index (χ1v) is 8.93. The van der Waals surface area contributed by atoms with Crippen LogP contribution in [0.5, 0.6) is 5.75 Å². The number of hydrogen-bond acceptors (Lipinski definition) is 5. The highest BCUT2D eigenvalue weighted by Gasteiger charge is 2.25. The van der Waals surface area contributed by atoms with E-state index in [9.17, 15) is 4.79 Å². The van der Waals surface area contributed by atoms with Crippen molar-refractivity contribution in [3.63, 3.8) is 0 Å². The molecule has 1 atom stereocenters. The Labute approximate surface area is 148 Å². The quantitative estimate of drug-likeness (QED) is 0.782. The third-order valence-electron chi connectivity index (χ3n) is 4.80. The summed E-state index contributed by atoms with van der Waals surface area (Å²) < 4.78 is 6.06. The summed E-state index contributed by atoms with van der Waals surface area (Å²) in [6, 6.07) is 11.5. The molecule has 2 N–H and O–H groups in total. The maximum absolute atomic E-state index is 11.3. The third kappa shape index (κ3) is 4.20. The predicted octanol–water partition coefficient (Wildman–Crippen LogP) is 2.27. The Morgan fingerprint density at radius 2 is 2.00 bits per heavy atom. The lowest BCUT2D eigenvalue weighted by Crippen LogP contribution is -2.44. The minimum Gasteiger partial charge on any atom is -0.489 e. The van der Waals surface area contributed by atoms with Crippen LogP contribution in [0.1, 0.15) is 33.1 Å². The van der Waals surface area contributed by atoms with E-state index in [-0.39, 0.29) is 11.7 Å². The molecule has 0 amide bonds. The van der Waals surface area contributed by atoms with E-state index in [4.69, 9.17) is 10.6 Å². The molecule has 1 fully saturated rings. The van der Waals surface area contributed by atoms with Gasteiger partial charge >= 0.3 is 0 Å². The summed E-state index contributed by atoms with van der Waals surface area (Å²) in [7, 11) is 0. The van der Waals surface area contributed by atoms with Gasteiger partial charge in [-0.25, -0.2) is 0 Å². The molecule has 1 heterocycles. The van der Waals surface area contributed by atoms with E-state index in [1.54, 1.807) is 6.07 Å². The van der Waals surface area contributed by atoms with Gasteiger partial charge in [-0.05, 0) is 56.6 Å². The molecule has 3 rings (SSSR count). The number of aromatic nitrogens is 2. The fourth-order valence-electron chi connectivity index (χ4n) is 3.17. The van der Waals surface area contributed by atoms with Crippen LogP contribution in [0.25, 0.3) is 11.3 Å². The SMILES string of the molecule is CCN(C[C@@H](C)Oc1ccc(-c2ccc(=O)n(N)n2)cc1)C1CCC1. The predicted molar refractivity (Wildman–Crippen MR) is 99.1 cm³/mol. The Morgan fingerprint density at radius 3 is 2.56 bits per heavy atom. The van der Waals surface area contributed by atoms with Gasteiger partial charge in [0.15, 0.2) is 0 Å². The lowest BCUT2D eigenvalue weighted by Gasteiger charge is -2.38. The van der Waals surface area contributed by atoms with Crippen LogP contribution < -0.4 is 16.1 Å². The van der Waals surface area contributed by atoms with Crippen LogP contribution in [0.3, 0.4) is 0 Å². The van der Waals surface area contributed by atoms with Gasteiger partial charge in [0.1, 0.15) is 11.9 Å². The Kier molecular flexibility index (Phi) is 5.38. The summed E-state index contributed by atoms with van der Waals surface area (Å²) in [5.41, 5.74) is 1.22. The molecule has 6 heteroatoms. The van der Waals surface area contributed by atoms with Gasteiger partial charge in [0.2, 0.25) is 0 Å². The van der Waals surface area contributed by atoms with Crippen LogP contribution >= 0.6 is 0 Å². The van der Waals surface area contributed by atoms with Crippen LogP contribution in [0.2, 0.25) is 0 Å². The highest BCUT2D eigenvalue weighted by Crippen LogP contribution is 2.25. The normalized spacial score (nSPS) is 15.8. The zero-order valence-electron chi connectivity index (χ0n) is 14.9. The summed E-state index contributed by atoms with van der Waals surface area (Å²) in [5.74, 6) is 6.35. The van der Waals surface area contributed by atoms with Gasteiger partial charge in [0, 0.05) is 24.2 Å². The number of nitrogens with two attached hydrogens (primary N) is 1. The van der Waals surface area contributed by atoms with Crippen molar-refractivity contribution < 1.29 is 4.74 Å². The Balaban J connectivity index is 1.61. The van der Waals surface area contributed by atoms with Gasteiger partial charge in [-0.15, -0.1) is 9.89 Å². The molecule has 0 radical (unpaired) electrons. The Hall–Kier alpha value is -2.34. The maximum Gasteiger partial charge on any atom is 0.285 e. The van der Waals surface area contributed by atoms with Crippen molar-refractivity contribution in [3.05, 3.63) is 46.8 Å². The van der Waals surface area contributed by atoms with Gasteiger partial charge in [0.25, 0.3) is 5.56 Å². The molecule has 1 saturated carbocycles. The van der Waals surface area contributed by atoms with Crippen molar-refractivity contribution in [1.82, 2.24) is 14.8 Å². The van der Waals surface area contributed by atoms with E-state index < -0.39 is 0 Å². The first-order valence-electron chi connectivity index (χ1n) is 8.93. The second-order valence-corrected chi connectivity index (χ2v) is 6.63. The number of rotatable bonds is 7. The molecular weight excluding hydrogens is 316 g/mol. The lowest BCUT2D eigenvalue weighted by molar-refractivity contribution is 0.0815. The van der Waals surface area contributed by atoms with Crippen molar-refractivity contribution in [2.45, 2.75) is 45.3 Å². The van der Waals surface area contributed by atoms with Crippen molar-refractivity contribution >= 4 is 0 Å². The van der Waals surface area contributed by atoms with Crippen LogP contribution in [0.15, 0.2) is 41.2 Å². The summed E-state index contributed by atoms with van der Waals surface area (Å²) in [6.45, 7) is 6.34. The number of nitrogens with zero attached hydrogens (tertiary/aromatic N) is 3. The first kappa shape index (κ1) is 17.5. The van der Waals surface area contributed by atoms with Crippen molar-refractivity contribution in [3.8, 4) is 17.0 Å². The number of ether oxygens (including phenoxy) is 1.